The van der Waals surface area contributed by atoms with Gasteiger partial charge in [-0.3, -0.25) is 37.9 Å². The third kappa shape index (κ3) is 22.1. The van der Waals surface area contributed by atoms with Gasteiger partial charge in [-0.15, -0.1) is 0 Å². The fraction of sp³-hybridized carbons (Fsp3) is 0.636. The van der Waals surface area contributed by atoms with E-state index in [-0.39, 0.29) is 0 Å². The van der Waals surface area contributed by atoms with Crippen LogP contribution in [0.5, 0.6) is 0 Å². The third-order valence-electron chi connectivity index (χ3n) is 5.85. The van der Waals surface area contributed by atoms with Crippen molar-refractivity contribution in [3.63, 3.8) is 0 Å². The predicted octanol–water partition coefficient (Wildman–Crippen LogP) is -5.50. The molecule has 0 aliphatic rings. The Kier molecular flexibility index (Phi) is 21.2. The van der Waals surface area contributed by atoms with E-state index in [4.69, 9.17) is 30.8 Å². The van der Waals surface area contributed by atoms with E-state index < -0.39 is 155 Å². The molecule has 30 heteroatoms. The van der Waals surface area contributed by atoms with Crippen molar-refractivity contribution in [2.24, 2.45) is 11.5 Å². The Balaban J connectivity index is 5.50. The summed E-state index contributed by atoms with van der Waals surface area (Å²) in [5, 5.41) is 44.6. The van der Waals surface area contributed by atoms with Crippen LogP contribution in [0, 0.1) is 0 Å². The minimum atomic E-state index is -5.16. The lowest BCUT2D eigenvalue weighted by Crippen LogP contribution is -2.54. The summed E-state index contributed by atoms with van der Waals surface area (Å²) in [6.45, 7) is -2.47. The summed E-state index contributed by atoms with van der Waals surface area (Å²) in [7, 11) is -9.08. The Hall–Kier alpha value is -3.88. The minimum absolute atomic E-state index is 0.421. The standard InChI is InChI=1S/C22H36N6O20S4/c23-9(19(33)34)1-3-15(29)25-11(5-47-51(41,42)43)17(31)27-13(21(37)38)7-49-50-8-14(22(39)40)28-18(32)12(6-48-52(44,45)46)26-16(30)4-2-10(24)20(35)36/h9-14H,1-8,23-24H2,(H,25,29)(H,26,30)(H,27,31)(H,28,32)(H,33,34)(H,35,36)(H,37,38)(H,39,40)(H,41,42,43)(H,44,45,46)/t9-,10-,11-,12-,13-,14-/m0/s1. The average molecular weight is 833 g/mol. The number of rotatable bonds is 27. The lowest BCUT2D eigenvalue weighted by Gasteiger charge is -2.22. The second-order valence-corrected chi connectivity index (χ2v) is 14.7. The molecule has 0 bridgehead atoms. The molecule has 298 valence electrons. The molecular formula is C22H36N6O20S4. The van der Waals surface area contributed by atoms with Gasteiger partial charge in [0.1, 0.15) is 36.3 Å². The van der Waals surface area contributed by atoms with Crippen molar-refractivity contribution in [3.8, 4) is 0 Å². The van der Waals surface area contributed by atoms with Gasteiger partial charge in [0.15, 0.2) is 0 Å². The average Bonchev–Trinajstić information content (AvgIpc) is 3.01. The van der Waals surface area contributed by atoms with E-state index in [1.54, 1.807) is 0 Å². The lowest BCUT2D eigenvalue weighted by atomic mass is 10.1. The number of carboxylic acid groups (broad SMARTS) is 4. The number of aliphatic carboxylic acids is 4. The van der Waals surface area contributed by atoms with Crippen molar-refractivity contribution in [2.45, 2.75) is 61.9 Å². The summed E-state index contributed by atoms with van der Waals surface area (Å²) in [5.74, 6) is -12.1. The number of hydrogen-bond donors (Lipinski definition) is 12. The topological polar surface area (TPSA) is 445 Å². The molecular weight excluding hydrogens is 797 g/mol. The number of carboxylic acids is 4. The fourth-order valence-corrected chi connectivity index (χ4v) is 6.08. The maximum absolute atomic E-state index is 12.7. The van der Waals surface area contributed by atoms with Crippen LogP contribution in [0.25, 0.3) is 0 Å². The molecule has 0 fully saturated rings. The smallest absolute Gasteiger partial charge is 0.397 e. The molecule has 0 aromatic rings. The second-order valence-electron chi connectivity index (χ2n) is 10.00. The van der Waals surface area contributed by atoms with Gasteiger partial charge in [0.25, 0.3) is 0 Å². The van der Waals surface area contributed by atoms with Crippen molar-refractivity contribution in [3.05, 3.63) is 0 Å². The quantitative estimate of drug-likeness (QED) is 0.0209. The molecule has 0 spiro atoms. The number of nitrogens with two attached hydrogens (primary N) is 2. The van der Waals surface area contributed by atoms with Crippen LogP contribution in [0.1, 0.15) is 25.7 Å². The van der Waals surface area contributed by atoms with Crippen molar-refractivity contribution < 1.29 is 93.1 Å². The van der Waals surface area contributed by atoms with Crippen molar-refractivity contribution >= 4 is 89.9 Å². The van der Waals surface area contributed by atoms with E-state index in [0.29, 0.717) is 21.6 Å². The monoisotopic (exact) mass is 832 g/mol. The minimum Gasteiger partial charge on any atom is -0.480 e. The fourth-order valence-electron chi connectivity index (χ4n) is 3.15. The van der Waals surface area contributed by atoms with Crippen LogP contribution in [0.4, 0.5) is 0 Å². The maximum atomic E-state index is 12.7. The second kappa shape index (κ2) is 22.9. The number of carbonyl (C=O) groups is 8. The number of nitrogens with one attached hydrogen (secondary N) is 4. The summed E-state index contributed by atoms with van der Waals surface area (Å²) in [5.41, 5.74) is 10.6. The van der Waals surface area contributed by atoms with Gasteiger partial charge in [-0.2, -0.15) is 16.8 Å². The van der Waals surface area contributed by atoms with Crippen molar-refractivity contribution in [1.29, 1.82) is 0 Å². The van der Waals surface area contributed by atoms with E-state index in [2.05, 4.69) is 8.37 Å². The molecule has 0 radical (unpaired) electrons. The molecule has 26 nitrogen and oxygen atoms in total. The zero-order valence-electron chi connectivity index (χ0n) is 26.3. The lowest BCUT2D eigenvalue weighted by molar-refractivity contribution is -0.142. The van der Waals surface area contributed by atoms with Crippen LogP contribution in [0.2, 0.25) is 0 Å². The SMILES string of the molecule is N[C@@H](CCC(=O)N[C@@H](COS(=O)(=O)O)C(=O)N[C@@H](CSSC[C@H](NC(=O)[C@H](COS(=O)(=O)O)NC(=O)CC[C@H](N)C(=O)O)C(=O)O)C(=O)O)C(=O)O. The van der Waals surface area contributed by atoms with Crippen LogP contribution in [0.15, 0.2) is 0 Å². The Morgan fingerprint density at radius 3 is 1.10 bits per heavy atom. The Morgan fingerprint density at radius 1 is 0.538 bits per heavy atom. The third-order valence-corrected chi connectivity index (χ3v) is 9.14. The molecule has 14 N–H and O–H groups in total. The predicted molar refractivity (Wildman–Crippen MR) is 173 cm³/mol. The Bertz CT molecular complexity index is 1420. The van der Waals surface area contributed by atoms with Crippen molar-refractivity contribution in [1.82, 2.24) is 21.3 Å². The number of hydrogen-bond acceptors (Lipinski definition) is 18. The van der Waals surface area contributed by atoms with E-state index in [9.17, 15) is 65.4 Å². The molecule has 0 saturated carbocycles. The van der Waals surface area contributed by atoms with Crippen LogP contribution in [0.3, 0.4) is 0 Å². The summed E-state index contributed by atoms with van der Waals surface area (Å²) >= 11 is 0. The zero-order chi connectivity index (χ0) is 40.4. The van der Waals surface area contributed by atoms with E-state index >= 15 is 0 Å². The Labute approximate surface area is 301 Å². The van der Waals surface area contributed by atoms with Gasteiger partial charge in [-0.1, -0.05) is 21.6 Å². The highest BCUT2D eigenvalue weighted by Crippen LogP contribution is 2.23. The molecule has 0 aromatic carbocycles. The van der Waals surface area contributed by atoms with Gasteiger partial charge in [0, 0.05) is 24.3 Å². The molecule has 6 atom stereocenters. The highest BCUT2D eigenvalue weighted by molar-refractivity contribution is 8.76. The number of carbonyl (C=O) groups excluding carboxylic acids is 4. The molecule has 0 rings (SSSR count). The van der Waals surface area contributed by atoms with E-state index in [1.165, 1.54) is 0 Å². The highest BCUT2D eigenvalue weighted by Gasteiger charge is 2.31. The molecule has 4 amide bonds. The molecule has 0 saturated heterocycles. The summed E-state index contributed by atoms with van der Waals surface area (Å²) in [6.07, 6.45) is -2.01. The van der Waals surface area contributed by atoms with Crippen LogP contribution in [-0.2, 0) is 67.5 Å². The van der Waals surface area contributed by atoms with Gasteiger partial charge in [0.2, 0.25) is 23.6 Å². The highest BCUT2D eigenvalue weighted by atomic mass is 33.1. The van der Waals surface area contributed by atoms with E-state index in [1.807, 2.05) is 21.3 Å². The first-order valence-electron chi connectivity index (χ1n) is 13.9. The molecule has 0 aromatic heterocycles. The number of amides is 4. The van der Waals surface area contributed by atoms with Gasteiger partial charge in [0.05, 0.1) is 13.2 Å². The molecule has 0 aliphatic heterocycles. The van der Waals surface area contributed by atoms with E-state index in [0.717, 1.165) is 0 Å². The van der Waals surface area contributed by atoms with Crippen molar-refractivity contribution in [2.75, 3.05) is 24.7 Å². The first-order valence-corrected chi connectivity index (χ1v) is 19.1. The molecule has 0 heterocycles. The zero-order valence-corrected chi connectivity index (χ0v) is 29.6. The van der Waals surface area contributed by atoms with Crippen LogP contribution < -0.4 is 32.7 Å². The molecule has 52 heavy (non-hydrogen) atoms. The summed E-state index contributed by atoms with van der Waals surface area (Å²) in [4.78, 5) is 95.1. The maximum Gasteiger partial charge on any atom is 0.397 e. The largest absolute Gasteiger partial charge is 0.480 e. The van der Waals surface area contributed by atoms with Crippen LogP contribution in [-0.4, -0.2) is 155 Å². The normalized spacial score (nSPS) is 15.1. The molecule has 0 unspecified atom stereocenters. The first kappa shape index (κ1) is 48.1. The summed E-state index contributed by atoms with van der Waals surface area (Å²) in [6, 6.07) is -10.5. The van der Waals surface area contributed by atoms with Gasteiger partial charge in [-0.25, -0.2) is 18.0 Å². The first-order chi connectivity index (χ1) is 23.8. The Morgan fingerprint density at radius 2 is 0.846 bits per heavy atom. The summed E-state index contributed by atoms with van der Waals surface area (Å²) < 4.78 is 69.8. The van der Waals surface area contributed by atoms with Gasteiger partial charge in [-0.05, 0) is 12.8 Å². The van der Waals surface area contributed by atoms with Gasteiger partial charge >= 0.3 is 44.7 Å². The van der Waals surface area contributed by atoms with Crippen LogP contribution >= 0.6 is 21.6 Å². The van der Waals surface area contributed by atoms with Gasteiger partial charge < -0.3 is 53.2 Å². The molecule has 0 aliphatic carbocycles.